The van der Waals surface area contributed by atoms with Gasteiger partial charge in [-0.1, -0.05) is 19.1 Å². The van der Waals surface area contributed by atoms with Gasteiger partial charge in [0.25, 0.3) is 5.56 Å². The molecule has 0 fully saturated rings. The first kappa shape index (κ1) is 20.1. The Morgan fingerprint density at radius 2 is 1.88 bits per heavy atom. The van der Waals surface area contributed by atoms with Crippen LogP contribution in [0.3, 0.4) is 0 Å². The minimum atomic E-state index is -3.48. The summed E-state index contributed by atoms with van der Waals surface area (Å²) in [5, 5.41) is 0. The number of sulfonamides is 1. The fourth-order valence-corrected chi connectivity index (χ4v) is 3.17. The minimum absolute atomic E-state index is 0.0615. The summed E-state index contributed by atoms with van der Waals surface area (Å²) in [6.45, 7) is 5.95. The van der Waals surface area contributed by atoms with E-state index in [9.17, 15) is 13.2 Å². The highest BCUT2D eigenvalue weighted by Crippen LogP contribution is 2.12. The lowest BCUT2D eigenvalue weighted by Crippen LogP contribution is -2.34. The number of ether oxygens (including phenoxy) is 1. The van der Waals surface area contributed by atoms with Gasteiger partial charge in [0, 0.05) is 24.3 Å². The number of hydrogen-bond acceptors (Lipinski definition) is 5. The van der Waals surface area contributed by atoms with Crippen LogP contribution in [0.1, 0.15) is 23.7 Å². The van der Waals surface area contributed by atoms with Crippen molar-refractivity contribution in [3.8, 4) is 5.75 Å². The summed E-state index contributed by atoms with van der Waals surface area (Å²) in [5.74, 6) is 0.493. The maximum atomic E-state index is 12.0. The van der Waals surface area contributed by atoms with Crippen molar-refractivity contribution in [1.82, 2.24) is 14.3 Å². The smallest absolute Gasteiger partial charge is 0.256 e. The predicted octanol–water partition coefficient (Wildman–Crippen LogP) is 1.42. The molecule has 0 saturated heterocycles. The monoisotopic (exact) mass is 379 g/mol. The Morgan fingerprint density at radius 1 is 1.19 bits per heavy atom. The van der Waals surface area contributed by atoms with Gasteiger partial charge in [0.2, 0.25) is 10.0 Å². The molecule has 0 radical (unpaired) electrons. The van der Waals surface area contributed by atoms with E-state index in [0.29, 0.717) is 17.0 Å². The van der Waals surface area contributed by atoms with Gasteiger partial charge in [-0.3, -0.25) is 9.36 Å². The maximum Gasteiger partial charge on any atom is 0.256 e. The van der Waals surface area contributed by atoms with E-state index in [1.807, 2.05) is 24.3 Å². The largest absolute Gasteiger partial charge is 0.492 e. The zero-order valence-electron chi connectivity index (χ0n) is 15.4. The standard InChI is InChI=1S/C18H25N3O4S/c1-4-16-5-7-17(8-6-16)25-11-12-26(23,24)20-9-10-21-13-19-15(3)14(2)18(21)22/h5-8,13,20H,4,9-12H2,1-3H3. The van der Waals surface area contributed by atoms with Crippen molar-refractivity contribution < 1.29 is 13.2 Å². The first-order chi connectivity index (χ1) is 12.3. The highest BCUT2D eigenvalue weighted by atomic mass is 32.2. The molecule has 1 heterocycles. The lowest BCUT2D eigenvalue weighted by molar-refractivity contribution is 0.340. The van der Waals surface area contributed by atoms with Crippen molar-refractivity contribution in [2.24, 2.45) is 0 Å². The van der Waals surface area contributed by atoms with Crippen LogP contribution < -0.4 is 15.0 Å². The average Bonchev–Trinajstić information content (AvgIpc) is 2.62. The molecule has 0 aliphatic carbocycles. The summed E-state index contributed by atoms with van der Waals surface area (Å²) in [7, 11) is -3.48. The maximum absolute atomic E-state index is 12.0. The summed E-state index contributed by atoms with van der Waals surface area (Å²) in [6.07, 6.45) is 2.37. The predicted molar refractivity (Wildman–Crippen MR) is 101 cm³/mol. The van der Waals surface area contributed by atoms with Gasteiger partial charge >= 0.3 is 0 Å². The Balaban J connectivity index is 1.79. The van der Waals surface area contributed by atoms with Crippen LogP contribution in [-0.4, -0.2) is 36.9 Å². The molecular weight excluding hydrogens is 354 g/mol. The summed E-state index contributed by atoms with van der Waals surface area (Å²) in [4.78, 5) is 16.2. The number of nitrogens with zero attached hydrogens (tertiary/aromatic N) is 2. The highest BCUT2D eigenvalue weighted by Gasteiger charge is 2.11. The second-order valence-corrected chi connectivity index (χ2v) is 7.94. The van der Waals surface area contributed by atoms with Crippen LogP contribution in [0, 0.1) is 13.8 Å². The summed E-state index contributed by atoms with van der Waals surface area (Å²) in [6, 6.07) is 7.57. The normalized spacial score (nSPS) is 11.5. The van der Waals surface area contributed by atoms with E-state index in [4.69, 9.17) is 4.74 Å². The van der Waals surface area contributed by atoms with Gasteiger partial charge in [0.15, 0.2) is 0 Å². The first-order valence-corrected chi connectivity index (χ1v) is 10.2. The molecule has 0 unspecified atom stereocenters. The van der Waals surface area contributed by atoms with Crippen LogP contribution in [-0.2, 0) is 23.0 Å². The number of nitrogens with one attached hydrogen (secondary N) is 1. The molecule has 0 spiro atoms. The topological polar surface area (TPSA) is 90.3 Å². The SMILES string of the molecule is CCc1ccc(OCCS(=O)(=O)NCCn2cnc(C)c(C)c2=O)cc1. The molecule has 2 aromatic rings. The van der Waals surface area contributed by atoms with E-state index in [-0.39, 0.29) is 31.0 Å². The Bertz CT molecular complexity index is 890. The molecule has 8 heteroatoms. The van der Waals surface area contributed by atoms with E-state index >= 15 is 0 Å². The Labute approximate surface area is 154 Å². The molecule has 26 heavy (non-hydrogen) atoms. The molecule has 0 aliphatic heterocycles. The van der Waals surface area contributed by atoms with Gasteiger partial charge in [-0.15, -0.1) is 0 Å². The summed E-state index contributed by atoms with van der Waals surface area (Å²) < 4.78 is 33.4. The van der Waals surface area contributed by atoms with Crippen molar-refractivity contribution >= 4 is 10.0 Å². The van der Waals surface area contributed by atoms with Crippen LogP contribution >= 0.6 is 0 Å². The third-order valence-electron chi connectivity index (χ3n) is 4.14. The lowest BCUT2D eigenvalue weighted by Gasteiger charge is -2.10. The Morgan fingerprint density at radius 3 is 2.54 bits per heavy atom. The molecule has 1 aromatic heterocycles. The number of aryl methyl sites for hydroxylation is 2. The third kappa shape index (κ3) is 5.67. The van der Waals surface area contributed by atoms with Crippen LogP contribution in [0.4, 0.5) is 0 Å². The number of aromatic nitrogens is 2. The molecule has 1 aromatic carbocycles. The number of benzene rings is 1. The van der Waals surface area contributed by atoms with Gasteiger partial charge in [-0.2, -0.15) is 0 Å². The van der Waals surface area contributed by atoms with E-state index in [2.05, 4.69) is 16.6 Å². The summed E-state index contributed by atoms with van der Waals surface area (Å²) >= 11 is 0. The second kappa shape index (κ2) is 8.95. The Hall–Kier alpha value is -2.19. The van der Waals surface area contributed by atoms with Crippen molar-refractivity contribution in [2.45, 2.75) is 33.7 Å². The van der Waals surface area contributed by atoms with Crippen molar-refractivity contribution in [3.63, 3.8) is 0 Å². The zero-order chi connectivity index (χ0) is 19.2. The van der Waals surface area contributed by atoms with Gasteiger partial charge < -0.3 is 4.74 Å². The molecule has 0 bridgehead atoms. The summed E-state index contributed by atoms with van der Waals surface area (Å²) in [5.41, 5.74) is 2.28. The highest BCUT2D eigenvalue weighted by molar-refractivity contribution is 7.89. The van der Waals surface area contributed by atoms with Crippen LogP contribution in [0.15, 0.2) is 35.4 Å². The van der Waals surface area contributed by atoms with Gasteiger partial charge in [0.05, 0.1) is 12.1 Å². The molecule has 7 nitrogen and oxygen atoms in total. The fourth-order valence-electron chi connectivity index (χ4n) is 2.32. The minimum Gasteiger partial charge on any atom is -0.492 e. The third-order valence-corrected chi connectivity index (χ3v) is 5.49. The Kier molecular flexibility index (Phi) is 6.93. The van der Waals surface area contributed by atoms with Crippen molar-refractivity contribution in [3.05, 3.63) is 57.8 Å². The first-order valence-electron chi connectivity index (χ1n) is 8.54. The van der Waals surface area contributed by atoms with Gasteiger partial charge in [-0.05, 0) is 38.0 Å². The molecule has 0 atom stereocenters. The number of rotatable bonds is 9. The molecule has 142 valence electrons. The molecular formula is C18H25N3O4S. The van der Waals surface area contributed by atoms with Crippen LogP contribution in [0.5, 0.6) is 5.75 Å². The average molecular weight is 379 g/mol. The molecule has 0 saturated carbocycles. The lowest BCUT2D eigenvalue weighted by atomic mass is 10.2. The van der Waals surface area contributed by atoms with Gasteiger partial charge in [0.1, 0.15) is 12.4 Å². The fraction of sp³-hybridized carbons (Fsp3) is 0.444. The molecule has 1 N–H and O–H groups in total. The van der Waals surface area contributed by atoms with Crippen molar-refractivity contribution in [1.29, 1.82) is 0 Å². The van der Waals surface area contributed by atoms with E-state index < -0.39 is 10.0 Å². The van der Waals surface area contributed by atoms with E-state index in [1.165, 1.54) is 16.5 Å². The molecule has 2 rings (SSSR count). The van der Waals surface area contributed by atoms with Crippen LogP contribution in [0.2, 0.25) is 0 Å². The van der Waals surface area contributed by atoms with Crippen molar-refractivity contribution in [2.75, 3.05) is 18.9 Å². The molecule has 0 aliphatic rings. The second-order valence-electron chi connectivity index (χ2n) is 6.01. The van der Waals surface area contributed by atoms with E-state index in [0.717, 1.165) is 6.42 Å². The van der Waals surface area contributed by atoms with E-state index in [1.54, 1.807) is 13.8 Å². The quantitative estimate of drug-likeness (QED) is 0.712. The number of hydrogen-bond donors (Lipinski definition) is 1. The molecule has 0 amide bonds. The zero-order valence-corrected chi connectivity index (χ0v) is 16.2. The van der Waals surface area contributed by atoms with Crippen LogP contribution in [0.25, 0.3) is 0 Å². The van der Waals surface area contributed by atoms with Gasteiger partial charge in [-0.25, -0.2) is 18.1 Å².